The lowest BCUT2D eigenvalue weighted by Crippen LogP contribution is -2.57. The lowest BCUT2D eigenvalue weighted by molar-refractivity contribution is -0.189. The number of hydrogen-bond acceptors (Lipinski definition) is 7. The molecule has 0 saturated carbocycles. The molecule has 33 heavy (non-hydrogen) atoms. The third kappa shape index (κ3) is 4.04. The van der Waals surface area contributed by atoms with Crippen LogP contribution in [0, 0.1) is 11.3 Å². The van der Waals surface area contributed by atoms with Gasteiger partial charge in [-0.15, -0.1) is 0 Å². The number of carbonyl (C=O) groups is 2. The van der Waals surface area contributed by atoms with Crippen molar-refractivity contribution in [2.75, 3.05) is 19.8 Å². The Kier molecular flexibility index (Phi) is 6.59. The third-order valence-electron chi connectivity index (χ3n) is 6.00. The first-order valence-electron chi connectivity index (χ1n) is 11.1. The minimum atomic E-state index is -1.95. The van der Waals surface area contributed by atoms with E-state index >= 15 is 0 Å². The van der Waals surface area contributed by atoms with E-state index in [1.54, 1.807) is 32.1 Å². The Morgan fingerprint density at radius 1 is 1.12 bits per heavy atom. The molecule has 1 saturated heterocycles. The van der Waals surface area contributed by atoms with Crippen molar-refractivity contribution in [1.29, 1.82) is 5.26 Å². The number of hydrogen-bond donors (Lipinski definition) is 0. The molecule has 7 nitrogen and oxygen atoms in total. The number of esters is 2. The summed E-state index contributed by atoms with van der Waals surface area (Å²) in [6.45, 7) is 4.20. The zero-order chi connectivity index (χ0) is 23.4. The van der Waals surface area contributed by atoms with Crippen molar-refractivity contribution in [3.05, 3.63) is 76.9 Å². The number of ether oxygens (including phenoxy) is 3. The standard InChI is InChI=1S/C26H26N2O5/c1-3-31-24(29)26(25(30)32-4-2)22(14-13-18-9-11-19(17-27)12-10-18)28-16-15-20-7-5-6-8-21(20)23(28)33-26/h5-14,22-23H,3-4,15-16H2,1-2H3/b14-13+/t22-,23+/m0/s1. The van der Waals surface area contributed by atoms with E-state index in [4.69, 9.17) is 19.5 Å². The maximum absolute atomic E-state index is 13.3. The number of rotatable bonds is 6. The molecule has 0 aliphatic carbocycles. The lowest BCUT2D eigenvalue weighted by atomic mass is 9.91. The Hall–Kier alpha value is -3.47. The average molecular weight is 447 g/mol. The number of fused-ring (bicyclic) bond motifs is 3. The van der Waals surface area contributed by atoms with Gasteiger partial charge in [-0.1, -0.05) is 48.6 Å². The normalized spacial score (nSPS) is 21.1. The first-order chi connectivity index (χ1) is 16.0. The Labute approximate surface area is 193 Å². The van der Waals surface area contributed by atoms with E-state index in [0.29, 0.717) is 12.1 Å². The second-order valence-electron chi connectivity index (χ2n) is 7.87. The highest BCUT2D eigenvalue weighted by Gasteiger charge is 2.65. The van der Waals surface area contributed by atoms with Crippen LogP contribution < -0.4 is 0 Å². The van der Waals surface area contributed by atoms with Crippen LogP contribution in [0.1, 0.15) is 42.3 Å². The summed E-state index contributed by atoms with van der Waals surface area (Å²) in [5.74, 6) is -1.52. The van der Waals surface area contributed by atoms with Crippen LogP contribution in [0.5, 0.6) is 0 Å². The second-order valence-corrected chi connectivity index (χ2v) is 7.87. The van der Waals surface area contributed by atoms with Gasteiger partial charge in [0.15, 0.2) is 0 Å². The third-order valence-corrected chi connectivity index (χ3v) is 6.00. The lowest BCUT2D eigenvalue weighted by Gasteiger charge is -2.33. The fourth-order valence-electron chi connectivity index (χ4n) is 4.46. The van der Waals surface area contributed by atoms with Gasteiger partial charge < -0.3 is 14.2 Å². The second kappa shape index (κ2) is 9.57. The molecule has 2 atom stereocenters. The highest BCUT2D eigenvalue weighted by molar-refractivity contribution is 6.05. The molecule has 0 aromatic heterocycles. The molecule has 4 rings (SSSR count). The van der Waals surface area contributed by atoms with Gasteiger partial charge >= 0.3 is 11.9 Å². The van der Waals surface area contributed by atoms with Crippen LogP contribution in [-0.2, 0) is 30.2 Å². The van der Waals surface area contributed by atoms with Gasteiger partial charge in [0.1, 0.15) is 6.23 Å². The molecule has 0 bridgehead atoms. The summed E-state index contributed by atoms with van der Waals surface area (Å²) in [6.07, 6.45) is 3.80. The monoisotopic (exact) mass is 446 g/mol. The predicted octanol–water partition coefficient (Wildman–Crippen LogP) is 3.39. The summed E-state index contributed by atoms with van der Waals surface area (Å²) < 4.78 is 17.0. The van der Waals surface area contributed by atoms with Crippen molar-refractivity contribution in [2.45, 2.75) is 38.1 Å². The van der Waals surface area contributed by atoms with Crippen molar-refractivity contribution < 1.29 is 23.8 Å². The summed E-state index contributed by atoms with van der Waals surface area (Å²) in [5, 5.41) is 9.04. The molecule has 1 fully saturated rings. The van der Waals surface area contributed by atoms with Gasteiger partial charge in [-0.2, -0.15) is 5.26 Å². The van der Waals surface area contributed by atoms with Crippen molar-refractivity contribution >= 4 is 18.0 Å². The summed E-state index contributed by atoms with van der Waals surface area (Å²) in [5.41, 5.74) is 1.48. The SMILES string of the molecule is CCOC(=O)C1(C(=O)OCC)O[C@@H]2c3ccccc3CCN2[C@H]1/C=C/c1ccc(C#N)cc1. The zero-order valence-corrected chi connectivity index (χ0v) is 18.7. The first kappa shape index (κ1) is 22.7. The number of benzene rings is 2. The first-order valence-corrected chi connectivity index (χ1v) is 11.1. The van der Waals surface area contributed by atoms with E-state index in [1.807, 2.05) is 47.4 Å². The topological polar surface area (TPSA) is 88.9 Å². The van der Waals surface area contributed by atoms with E-state index in [-0.39, 0.29) is 13.2 Å². The molecular formula is C26H26N2O5. The number of carbonyl (C=O) groups excluding carboxylic acids is 2. The van der Waals surface area contributed by atoms with Crippen LogP contribution in [0.15, 0.2) is 54.6 Å². The fourth-order valence-corrected chi connectivity index (χ4v) is 4.46. The molecule has 0 unspecified atom stereocenters. The van der Waals surface area contributed by atoms with Gasteiger partial charge in [-0.25, -0.2) is 9.59 Å². The smallest absolute Gasteiger partial charge is 0.352 e. The fraction of sp³-hybridized carbons (Fsp3) is 0.346. The minimum Gasteiger partial charge on any atom is -0.463 e. The Morgan fingerprint density at radius 2 is 1.79 bits per heavy atom. The molecule has 0 N–H and O–H groups in total. The van der Waals surface area contributed by atoms with E-state index in [0.717, 1.165) is 23.1 Å². The molecule has 0 spiro atoms. The Balaban J connectivity index is 1.80. The van der Waals surface area contributed by atoms with Crippen LogP contribution >= 0.6 is 0 Å². The average Bonchev–Trinajstić information content (AvgIpc) is 3.19. The van der Waals surface area contributed by atoms with Crippen LogP contribution in [-0.4, -0.2) is 48.2 Å². The van der Waals surface area contributed by atoms with Gasteiger partial charge in [-0.3, -0.25) is 4.90 Å². The molecule has 2 aliphatic heterocycles. The maximum atomic E-state index is 13.3. The van der Waals surface area contributed by atoms with Gasteiger partial charge in [0.2, 0.25) is 0 Å². The summed E-state index contributed by atoms with van der Waals surface area (Å²) >= 11 is 0. The van der Waals surface area contributed by atoms with Crippen molar-refractivity contribution in [3.8, 4) is 6.07 Å². The summed E-state index contributed by atoms with van der Waals surface area (Å²) in [4.78, 5) is 28.6. The molecule has 0 amide bonds. The molecule has 2 aliphatic rings. The van der Waals surface area contributed by atoms with E-state index in [9.17, 15) is 9.59 Å². The minimum absolute atomic E-state index is 0.108. The highest BCUT2D eigenvalue weighted by atomic mass is 16.6. The Morgan fingerprint density at radius 3 is 2.42 bits per heavy atom. The van der Waals surface area contributed by atoms with Gasteiger partial charge in [0, 0.05) is 6.54 Å². The maximum Gasteiger partial charge on any atom is 0.352 e. The van der Waals surface area contributed by atoms with E-state index in [2.05, 4.69) is 6.07 Å². The molecule has 2 aromatic carbocycles. The molecule has 2 heterocycles. The van der Waals surface area contributed by atoms with Gasteiger partial charge in [-0.05, 0) is 49.1 Å². The van der Waals surface area contributed by atoms with Crippen molar-refractivity contribution in [1.82, 2.24) is 4.90 Å². The molecule has 2 aromatic rings. The van der Waals surface area contributed by atoms with Crippen LogP contribution in [0.25, 0.3) is 6.08 Å². The van der Waals surface area contributed by atoms with Crippen LogP contribution in [0.4, 0.5) is 0 Å². The molecule has 7 heteroatoms. The van der Waals surface area contributed by atoms with Gasteiger partial charge in [0.25, 0.3) is 5.60 Å². The van der Waals surface area contributed by atoms with Crippen molar-refractivity contribution in [2.24, 2.45) is 0 Å². The van der Waals surface area contributed by atoms with Crippen molar-refractivity contribution in [3.63, 3.8) is 0 Å². The highest BCUT2D eigenvalue weighted by Crippen LogP contribution is 2.46. The van der Waals surface area contributed by atoms with Crippen LogP contribution in [0.3, 0.4) is 0 Å². The molecular weight excluding hydrogens is 420 g/mol. The quantitative estimate of drug-likeness (QED) is 0.496. The predicted molar refractivity (Wildman–Crippen MR) is 121 cm³/mol. The summed E-state index contributed by atoms with van der Waals surface area (Å²) in [7, 11) is 0. The van der Waals surface area contributed by atoms with Gasteiger partial charge in [0.05, 0.1) is 30.9 Å². The van der Waals surface area contributed by atoms with E-state index < -0.39 is 29.8 Å². The summed E-state index contributed by atoms with van der Waals surface area (Å²) in [6, 6.07) is 16.3. The molecule has 170 valence electrons. The molecule has 0 radical (unpaired) electrons. The Bertz CT molecular complexity index is 1080. The van der Waals surface area contributed by atoms with Crippen LogP contribution in [0.2, 0.25) is 0 Å². The number of nitrogens with zero attached hydrogens (tertiary/aromatic N) is 2. The largest absolute Gasteiger partial charge is 0.463 e. The zero-order valence-electron chi connectivity index (χ0n) is 18.7. The number of nitriles is 1. The van der Waals surface area contributed by atoms with E-state index in [1.165, 1.54) is 0 Å².